The van der Waals surface area contributed by atoms with Gasteiger partial charge in [0.2, 0.25) is 0 Å². The number of para-hydroxylation sites is 1. The molecule has 0 fully saturated rings. The highest BCUT2D eigenvalue weighted by Gasteiger charge is 2.22. The summed E-state index contributed by atoms with van der Waals surface area (Å²) in [5.74, 6) is 1.47. The zero-order chi connectivity index (χ0) is 13.3. The molecule has 96 valence electrons. The van der Waals surface area contributed by atoms with Crippen molar-refractivity contribution in [2.75, 3.05) is 0 Å². The van der Waals surface area contributed by atoms with E-state index >= 15 is 0 Å². The molecule has 1 heteroatoms. The first-order valence-corrected chi connectivity index (χ1v) is 6.66. The van der Waals surface area contributed by atoms with Gasteiger partial charge in [0.15, 0.2) is 0 Å². The Morgan fingerprint density at radius 1 is 1.11 bits per heavy atom. The van der Waals surface area contributed by atoms with Gasteiger partial charge in [-0.3, -0.25) is 0 Å². The maximum atomic E-state index is 5.93. The van der Waals surface area contributed by atoms with Crippen molar-refractivity contribution in [3.63, 3.8) is 0 Å². The maximum Gasteiger partial charge on any atom is 0.127 e. The van der Waals surface area contributed by atoms with Gasteiger partial charge in [0.1, 0.15) is 5.75 Å². The predicted molar refractivity (Wildman–Crippen MR) is 77.7 cm³/mol. The molecule has 0 amide bonds. The van der Waals surface area contributed by atoms with Crippen LogP contribution in [0.3, 0.4) is 0 Å². The number of hydrogen-bond acceptors (Lipinski definition) is 1. The number of benzene rings is 1. The molecule has 1 aliphatic carbocycles. The van der Waals surface area contributed by atoms with Crippen molar-refractivity contribution in [1.82, 2.24) is 0 Å². The van der Waals surface area contributed by atoms with Gasteiger partial charge in [0.05, 0.1) is 6.10 Å². The number of rotatable bonds is 3. The highest BCUT2D eigenvalue weighted by molar-refractivity contribution is 5.80. The largest absolute Gasteiger partial charge is 0.490 e. The summed E-state index contributed by atoms with van der Waals surface area (Å²) in [5, 5.41) is 0. The summed E-state index contributed by atoms with van der Waals surface area (Å²) in [7, 11) is 0. The summed E-state index contributed by atoms with van der Waals surface area (Å²) in [6.45, 7) is 10.8. The SMILES string of the molecule is CC1=CC(C)C(c2ccccc2OC(C)C)=C1C. The van der Waals surface area contributed by atoms with Crippen LogP contribution in [-0.4, -0.2) is 6.10 Å². The summed E-state index contributed by atoms with van der Waals surface area (Å²) >= 11 is 0. The van der Waals surface area contributed by atoms with Gasteiger partial charge in [0.25, 0.3) is 0 Å². The minimum absolute atomic E-state index is 0.206. The molecule has 1 unspecified atom stereocenters. The molecule has 1 atom stereocenters. The summed E-state index contributed by atoms with van der Waals surface area (Å²) in [6, 6.07) is 8.36. The molecule has 1 aliphatic rings. The lowest BCUT2D eigenvalue weighted by Crippen LogP contribution is -2.08. The molecule has 0 aliphatic heterocycles. The molecule has 0 radical (unpaired) electrons. The lowest BCUT2D eigenvalue weighted by Gasteiger charge is -2.18. The third kappa shape index (κ3) is 2.35. The molecular formula is C17H22O. The third-order valence-corrected chi connectivity index (χ3v) is 3.49. The van der Waals surface area contributed by atoms with E-state index in [1.54, 1.807) is 0 Å². The van der Waals surface area contributed by atoms with Gasteiger partial charge in [-0.15, -0.1) is 0 Å². The zero-order valence-electron chi connectivity index (χ0n) is 11.9. The van der Waals surface area contributed by atoms with Gasteiger partial charge in [-0.25, -0.2) is 0 Å². The predicted octanol–water partition coefficient (Wildman–Crippen LogP) is 4.84. The van der Waals surface area contributed by atoms with Crippen molar-refractivity contribution in [2.45, 2.75) is 40.7 Å². The Labute approximate surface area is 110 Å². The van der Waals surface area contributed by atoms with Gasteiger partial charge in [-0.1, -0.05) is 36.8 Å². The molecule has 0 heterocycles. The average Bonchev–Trinajstić information content (AvgIpc) is 2.54. The fourth-order valence-electron chi connectivity index (χ4n) is 2.63. The van der Waals surface area contributed by atoms with Crippen LogP contribution >= 0.6 is 0 Å². The van der Waals surface area contributed by atoms with Crippen molar-refractivity contribution in [3.05, 3.63) is 47.1 Å². The van der Waals surface area contributed by atoms with Crippen molar-refractivity contribution in [1.29, 1.82) is 0 Å². The second-order valence-corrected chi connectivity index (χ2v) is 5.34. The molecule has 0 aromatic heterocycles. The standard InChI is InChI=1S/C17H22O/c1-11(2)18-16-9-7-6-8-15(16)17-13(4)10-12(3)14(17)5/h6-11,13H,1-5H3. The Hall–Kier alpha value is -1.50. The second kappa shape index (κ2) is 5.01. The van der Waals surface area contributed by atoms with Gasteiger partial charge < -0.3 is 4.74 Å². The highest BCUT2D eigenvalue weighted by atomic mass is 16.5. The van der Waals surface area contributed by atoms with E-state index in [2.05, 4.69) is 58.9 Å². The van der Waals surface area contributed by atoms with E-state index in [-0.39, 0.29) is 6.10 Å². The van der Waals surface area contributed by atoms with Crippen LogP contribution in [0, 0.1) is 5.92 Å². The lowest BCUT2D eigenvalue weighted by atomic mass is 9.93. The quantitative estimate of drug-likeness (QED) is 0.736. The molecular weight excluding hydrogens is 220 g/mol. The minimum Gasteiger partial charge on any atom is -0.490 e. The van der Waals surface area contributed by atoms with Crippen LogP contribution in [0.1, 0.15) is 40.2 Å². The molecule has 1 aromatic carbocycles. The summed E-state index contributed by atoms with van der Waals surface area (Å²) in [5.41, 5.74) is 5.42. The van der Waals surface area contributed by atoms with Crippen molar-refractivity contribution in [2.24, 2.45) is 5.92 Å². The Kier molecular flexibility index (Phi) is 3.60. The Morgan fingerprint density at radius 3 is 2.33 bits per heavy atom. The van der Waals surface area contributed by atoms with E-state index in [4.69, 9.17) is 4.74 Å². The molecule has 0 N–H and O–H groups in total. The number of allylic oxidation sites excluding steroid dienone is 4. The molecule has 0 saturated heterocycles. The average molecular weight is 242 g/mol. The first-order valence-electron chi connectivity index (χ1n) is 6.66. The lowest BCUT2D eigenvalue weighted by molar-refractivity contribution is 0.241. The van der Waals surface area contributed by atoms with E-state index in [1.165, 1.54) is 22.3 Å². The van der Waals surface area contributed by atoms with Crippen LogP contribution in [-0.2, 0) is 0 Å². The molecule has 18 heavy (non-hydrogen) atoms. The summed E-state index contributed by atoms with van der Waals surface area (Å²) < 4.78 is 5.93. The van der Waals surface area contributed by atoms with Crippen LogP contribution in [0.5, 0.6) is 5.75 Å². The van der Waals surface area contributed by atoms with Crippen LogP contribution in [0.25, 0.3) is 5.57 Å². The molecule has 0 saturated carbocycles. The molecule has 0 spiro atoms. The summed E-state index contributed by atoms with van der Waals surface area (Å²) in [6.07, 6.45) is 2.54. The smallest absolute Gasteiger partial charge is 0.127 e. The van der Waals surface area contributed by atoms with Crippen molar-refractivity contribution < 1.29 is 4.74 Å². The molecule has 2 rings (SSSR count). The van der Waals surface area contributed by atoms with E-state index in [0.29, 0.717) is 5.92 Å². The first-order chi connectivity index (χ1) is 8.50. The van der Waals surface area contributed by atoms with Crippen LogP contribution in [0.2, 0.25) is 0 Å². The zero-order valence-corrected chi connectivity index (χ0v) is 11.9. The second-order valence-electron chi connectivity index (χ2n) is 5.34. The molecule has 0 bridgehead atoms. The fraction of sp³-hybridized carbons (Fsp3) is 0.412. The van der Waals surface area contributed by atoms with Crippen LogP contribution in [0.15, 0.2) is 41.5 Å². The van der Waals surface area contributed by atoms with E-state index < -0.39 is 0 Å². The maximum absolute atomic E-state index is 5.93. The molecule has 1 nitrogen and oxygen atoms in total. The Balaban J connectivity index is 2.47. The highest BCUT2D eigenvalue weighted by Crippen LogP contribution is 2.41. The summed E-state index contributed by atoms with van der Waals surface area (Å²) in [4.78, 5) is 0. The van der Waals surface area contributed by atoms with Crippen molar-refractivity contribution >= 4 is 5.57 Å². The van der Waals surface area contributed by atoms with Gasteiger partial charge in [-0.05, 0) is 44.9 Å². The normalized spacial score (nSPS) is 19.4. The fourth-order valence-corrected chi connectivity index (χ4v) is 2.63. The van der Waals surface area contributed by atoms with E-state index in [1.807, 2.05) is 6.07 Å². The topological polar surface area (TPSA) is 9.23 Å². The van der Waals surface area contributed by atoms with Crippen molar-refractivity contribution in [3.8, 4) is 5.75 Å². The Morgan fingerprint density at radius 2 is 1.78 bits per heavy atom. The Bertz CT molecular complexity index is 506. The van der Waals surface area contributed by atoms with Gasteiger partial charge in [0, 0.05) is 11.5 Å². The number of hydrogen-bond donors (Lipinski definition) is 0. The monoisotopic (exact) mass is 242 g/mol. The number of ether oxygens (including phenoxy) is 1. The van der Waals surface area contributed by atoms with Crippen LogP contribution < -0.4 is 4.74 Å². The van der Waals surface area contributed by atoms with Gasteiger partial charge >= 0.3 is 0 Å². The van der Waals surface area contributed by atoms with E-state index in [9.17, 15) is 0 Å². The first kappa shape index (κ1) is 12.9. The van der Waals surface area contributed by atoms with Crippen LogP contribution in [0.4, 0.5) is 0 Å². The minimum atomic E-state index is 0.206. The van der Waals surface area contributed by atoms with Gasteiger partial charge in [-0.2, -0.15) is 0 Å². The molecule has 1 aromatic rings. The van der Waals surface area contributed by atoms with E-state index in [0.717, 1.165) is 5.75 Å². The third-order valence-electron chi connectivity index (χ3n) is 3.49.